The van der Waals surface area contributed by atoms with Crippen molar-refractivity contribution in [2.45, 2.75) is 51.5 Å². The summed E-state index contributed by atoms with van der Waals surface area (Å²) in [6, 6.07) is 4.31. The number of likely N-dealkylation sites (tertiary alicyclic amines) is 1. The summed E-state index contributed by atoms with van der Waals surface area (Å²) in [6.45, 7) is 6.00. The Morgan fingerprint density at radius 3 is 2.83 bits per heavy atom. The Hall–Kier alpha value is -2.17. The van der Waals surface area contributed by atoms with Gasteiger partial charge in [-0.15, -0.1) is 0 Å². The number of aromatic nitrogens is 3. The molecule has 1 aliphatic heterocycles. The largest absolute Gasteiger partial charge is 0.341 e. The Morgan fingerprint density at radius 2 is 2.08 bits per heavy atom. The minimum absolute atomic E-state index is 0.253. The molecule has 128 valence electrons. The van der Waals surface area contributed by atoms with E-state index in [2.05, 4.69) is 34.6 Å². The van der Waals surface area contributed by atoms with E-state index in [9.17, 15) is 4.79 Å². The van der Waals surface area contributed by atoms with Crippen LogP contribution in [0.15, 0.2) is 36.9 Å². The molecule has 0 bridgehead atoms. The third-order valence-electron chi connectivity index (χ3n) is 4.73. The number of rotatable bonds is 5. The first-order valence-electron chi connectivity index (χ1n) is 8.84. The lowest BCUT2D eigenvalue weighted by Crippen LogP contribution is -2.41. The third-order valence-corrected chi connectivity index (χ3v) is 4.73. The van der Waals surface area contributed by atoms with Crippen molar-refractivity contribution in [3.63, 3.8) is 0 Å². The predicted octanol–water partition coefficient (Wildman–Crippen LogP) is 3.20. The summed E-state index contributed by atoms with van der Waals surface area (Å²) >= 11 is 0. The third kappa shape index (κ3) is 3.83. The van der Waals surface area contributed by atoms with Crippen LogP contribution in [0.4, 0.5) is 0 Å². The van der Waals surface area contributed by atoms with Crippen LogP contribution in [-0.2, 0) is 11.2 Å². The van der Waals surface area contributed by atoms with Crippen molar-refractivity contribution in [2.75, 3.05) is 13.1 Å². The van der Waals surface area contributed by atoms with E-state index in [1.165, 1.54) is 5.56 Å². The lowest BCUT2D eigenvalue weighted by atomic mass is 10.0. The number of aryl methyl sites for hydroxylation is 1. The molecule has 5 heteroatoms. The summed E-state index contributed by atoms with van der Waals surface area (Å²) in [7, 11) is 0. The van der Waals surface area contributed by atoms with Gasteiger partial charge in [-0.25, -0.2) is 4.98 Å². The Balaban J connectivity index is 1.60. The second-order valence-corrected chi connectivity index (χ2v) is 6.84. The lowest BCUT2D eigenvalue weighted by Gasteiger charge is -2.34. The van der Waals surface area contributed by atoms with Crippen LogP contribution in [0.5, 0.6) is 0 Å². The summed E-state index contributed by atoms with van der Waals surface area (Å²) in [5.41, 5.74) is 1.17. The van der Waals surface area contributed by atoms with Crippen molar-refractivity contribution in [1.29, 1.82) is 0 Å². The van der Waals surface area contributed by atoms with Crippen LogP contribution in [0, 0.1) is 0 Å². The van der Waals surface area contributed by atoms with E-state index in [0.717, 1.165) is 38.2 Å². The van der Waals surface area contributed by atoms with Gasteiger partial charge in [0.1, 0.15) is 5.82 Å². The first-order chi connectivity index (χ1) is 11.6. The summed E-state index contributed by atoms with van der Waals surface area (Å²) in [4.78, 5) is 23.1. The first kappa shape index (κ1) is 16.7. The Labute approximate surface area is 143 Å². The van der Waals surface area contributed by atoms with Crippen LogP contribution in [-0.4, -0.2) is 38.4 Å². The summed E-state index contributed by atoms with van der Waals surface area (Å²) < 4.78 is 2.27. The van der Waals surface area contributed by atoms with Crippen molar-refractivity contribution in [3.05, 3.63) is 48.3 Å². The van der Waals surface area contributed by atoms with E-state index in [0.29, 0.717) is 18.4 Å². The topological polar surface area (TPSA) is 51.0 Å². The molecule has 3 rings (SSSR count). The maximum Gasteiger partial charge on any atom is 0.222 e. The Morgan fingerprint density at radius 1 is 1.29 bits per heavy atom. The van der Waals surface area contributed by atoms with Crippen molar-refractivity contribution in [3.8, 4) is 0 Å². The van der Waals surface area contributed by atoms with E-state index < -0.39 is 0 Å². The molecule has 0 saturated carbocycles. The van der Waals surface area contributed by atoms with Gasteiger partial charge in [0, 0.05) is 50.2 Å². The highest BCUT2D eigenvalue weighted by Gasteiger charge is 2.26. The average Bonchev–Trinajstić information content (AvgIpc) is 3.11. The molecule has 2 aromatic heterocycles. The van der Waals surface area contributed by atoms with Gasteiger partial charge in [-0.2, -0.15) is 0 Å². The highest BCUT2D eigenvalue weighted by molar-refractivity contribution is 5.76. The number of carbonyl (C=O) groups excluding carboxylic acids is 1. The normalized spacial score (nSPS) is 18.1. The quantitative estimate of drug-likeness (QED) is 0.848. The second-order valence-electron chi connectivity index (χ2n) is 6.84. The highest BCUT2D eigenvalue weighted by Crippen LogP contribution is 2.26. The van der Waals surface area contributed by atoms with E-state index >= 15 is 0 Å². The predicted molar refractivity (Wildman–Crippen MR) is 93.7 cm³/mol. The molecule has 1 unspecified atom stereocenters. The average molecular weight is 326 g/mol. The molecule has 0 N–H and O–H groups in total. The fourth-order valence-electron chi connectivity index (χ4n) is 3.45. The molecule has 1 atom stereocenters. The van der Waals surface area contributed by atoms with Crippen LogP contribution in [0.1, 0.15) is 56.5 Å². The molecule has 1 fully saturated rings. The van der Waals surface area contributed by atoms with Gasteiger partial charge in [0.05, 0.1) is 6.04 Å². The fourth-order valence-corrected chi connectivity index (χ4v) is 3.45. The SMILES string of the molecule is CC(C)c1nccn1C1CCCN(C(=O)CCc2ccncc2)C1. The standard InChI is InChI=1S/C19H26N4O/c1-15(2)19-21-11-13-23(19)17-4-3-12-22(14-17)18(24)6-5-16-7-9-20-10-8-16/h7-11,13,15,17H,3-6,12,14H2,1-2H3. The van der Waals surface area contributed by atoms with Crippen molar-refractivity contribution in [1.82, 2.24) is 19.4 Å². The molecular weight excluding hydrogens is 300 g/mol. The molecule has 3 heterocycles. The van der Waals surface area contributed by atoms with Gasteiger partial charge in [-0.05, 0) is 37.0 Å². The zero-order valence-electron chi connectivity index (χ0n) is 14.6. The van der Waals surface area contributed by atoms with E-state index in [4.69, 9.17) is 0 Å². The lowest BCUT2D eigenvalue weighted by molar-refractivity contribution is -0.132. The Kier molecular flexibility index (Phi) is 5.28. The minimum Gasteiger partial charge on any atom is -0.341 e. The Bertz CT molecular complexity index is 665. The first-order valence-corrected chi connectivity index (χ1v) is 8.84. The van der Waals surface area contributed by atoms with Crippen molar-refractivity contribution in [2.24, 2.45) is 0 Å². The van der Waals surface area contributed by atoms with Crippen LogP contribution in [0.25, 0.3) is 0 Å². The number of amides is 1. The minimum atomic E-state index is 0.253. The van der Waals surface area contributed by atoms with Gasteiger partial charge in [-0.1, -0.05) is 13.8 Å². The molecule has 0 spiro atoms. The molecular formula is C19H26N4O. The zero-order valence-corrected chi connectivity index (χ0v) is 14.6. The number of pyridine rings is 1. The molecule has 0 aromatic carbocycles. The van der Waals surface area contributed by atoms with Crippen LogP contribution < -0.4 is 0 Å². The second kappa shape index (κ2) is 7.60. The van der Waals surface area contributed by atoms with Gasteiger partial charge in [0.15, 0.2) is 0 Å². The summed E-state index contributed by atoms with van der Waals surface area (Å²) in [6.07, 6.45) is 11.0. The van der Waals surface area contributed by atoms with E-state index in [1.54, 1.807) is 12.4 Å². The number of imidazole rings is 1. The molecule has 1 saturated heterocycles. The number of hydrogen-bond acceptors (Lipinski definition) is 3. The molecule has 0 aliphatic carbocycles. The van der Waals surface area contributed by atoms with Gasteiger partial charge in [-0.3, -0.25) is 9.78 Å². The molecule has 0 radical (unpaired) electrons. The summed E-state index contributed by atoms with van der Waals surface area (Å²) in [5.74, 6) is 1.77. The number of piperidine rings is 1. The van der Waals surface area contributed by atoms with Crippen molar-refractivity contribution >= 4 is 5.91 Å². The molecule has 1 amide bonds. The summed E-state index contributed by atoms with van der Waals surface area (Å²) in [5, 5.41) is 0. The maximum absolute atomic E-state index is 12.6. The highest BCUT2D eigenvalue weighted by atomic mass is 16.2. The fraction of sp³-hybridized carbons (Fsp3) is 0.526. The number of nitrogens with zero attached hydrogens (tertiary/aromatic N) is 4. The van der Waals surface area contributed by atoms with Gasteiger partial charge < -0.3 is 9.47 Å². The van der Waals surface area contributed by atoms with Gasteiger partial charge >= 0.3 is 0 Å². The van der Waals surface area contributed by atoms with Crippen LogP contribution in [0.2, 0.25) is 0 Å². The van der Waals surface area contributed by atoms with Crippen LogP contribution in [0.3, 0.4) is 0 Å². The monoisotopic (exact) mass is 326 g/mol. The van der Waals surface area contributed by atoms with Crippen molar-refractivity contribution < 1.29 is 4.79 Å². The molecule has 5 nitrogen and oxygen atoms in total. The van der Waals surface area contributed by atoms with Gasteiger partial charge in [0.25, 0.3) is 0 Å². The van der Waals surface area contributed by atoms with E-state index in [-0.39, 0.29) is 5.91 Å². The number of carbonyl (C=O) groups is 1. The van der Waals surface area contributed by atoms with Crippen LogP contribution >= 0.6 is 0 Å². The maximum atomic E-state index is 12.6. The number of hydrogen-bond donors (Lipinski definition) is 0. The van der Waals surface area contributed by atoms with Gasteiger partial charge in [0.2, 0.25) is 5.91 Å². The zero-order chi connectivity index (χ0) is 16.9. The molecule has 1 aliphatic rings. The van der Waals surface area contributed by atoms with E-state index in [1.807, 2.05) is 23.2 Å². The molecule has 2 aromatic rings. The molecule has 24 heavy (non-hydrogen) atoms. The smallest absolute Gasteiger partial charge is 0.222 e.